The molecule has 0 amide bonds. The van der Waals surface area contributed by atoms with Crippen molar-refractivity contribution in [3.8, 4) is 0 Å². The van der Waals surface area contributed by atoms with E-state index in [1.165, 1.54) is 27.1 Å². The maximum absolute atomic E-state index is 5.99. The Labute approximate surface area is 152 Å². The average Bonchev–Trinajstić information content (AvgIpc) is 2.57. The third-order valence-electron chi connectivity index (χ3n) is 3.98. The van der Waals surface area contributed by atoms with Crippen LogP contribution in [0, 0.1) is 13.8 Å². The summed E-state index contributed by atoms with van der Waals surface area (Å²) in [6.07, 6.45) is 0. The Morgan fingerprint density at radius 1 is 0.583 bits per heavy atom. The van der Waals surface area contributed by atoms with Crippen molar-refractivity contribution in [1.29, 1.82) is 0 Å². The van der Waals surface area contributed by atoms with Gasteiger partial charge < -0.3 is 0 Å². The first kappa shape index (κ1) is 16.8. The summed E-state index contributed by atoms with van der Waals surface area (Å²) in [5.41, 5.74) is 2.42. The molecule has 0 aliphatic carbocycles. The van der Waals surface area contributed by atoms with Crippen molar-refractivity contribution < 1.29 is 0 Å². The van der Waals surface area contributed by atoms with Gasteiger partial charge >= 0.3 is 0 Å². The van der Waals surface area contributed by atoms with Crippen LogP contribution < -0.4 is 0 Å². The standard InChI is InChI=1S/2C11H9Cl/c1-8-2-3-10-7-11(12)5-4-9(10)6-8;1-8-6-9-4-2-3-5-10(9)7-11(8)12/h2*2-7H,1H3. The summed E-state index contributed by atoms with van der Waals surface area (Å²) >= 11 is 11.8. The highest BCUT2D eigenvalue weighted by Gasteiger charge is 1.97. The number of halogens is 2. The molecule has 2 heteroatoms. The minimum Gasteiger partial charge on any atom is -0.0843 e. The fourth-order valence-electron chi connectivity index (χ4n) is 2.66. The number of aryl methyl sites for hydroxylation is 2. The maximum atomic E-state index is 5.99. The molecule has 4 aromatic rings. The summed E-state index contributed by atoms with van der Waals surface area (Å²) in [7, 11) is 0. The number of benzene rings is 4. The molecule has 0 aliphatic rings. The van der Waals surface area contributed by atoms with Crippen LogP contribution in [0.1, 0.15) is 11.1 Å². The minimum absolute atomic E-state index is 0.798. The molecule has 4 aromatic carbocycles. The van der Waals surface area contributed by atoms with E-state index in [9.17, 15) is 0 Å². The van der Waals surface area contributed by atoms with E-state index < -0.39 is 0 Å². The smallest absolute Gasteiger partial charge is 0.0441 e. The second-order valence-electron chi connectivity index (χ2n) is 5.94. The van der Waals surface area contributed by atoms with E-state index in [-0.39, 0.29) is 0 Å². The van der Waals surface area contributed by atoms with Gasteiger partial charge in [0.05, 0.1) is 0 Å². The zero-order chi connectivity index (χ0) is 17.1. The Bertz CT molecular complexity index is 921. The zero-order valence-electron chi connectivity index (χ0n) is 13.7. The highest BCUT2D eigenvalue weighted by molar-refractivity contribution is 6.32. The molecule has 0 aliphatic heterocycles. The van der Waals surface area contributed by atoms with Crippen molar-refractivity contribution in [2.24, 2.45) is 0 Å². The van der Waals surface area contributed by atoms with Gasteiger partial charge in [0.15, 0.2) is 0 Å². The molecule has 0 radical (unpaired) electrons. The molecular formula is C22H18Cl2. The molecule has 0 N–H and O–H groups in total. The predicted octanol–water partition coefficient (Wildman–Crippen LogP) is 7.60. The molecule has 0 fully saturated rings. The second-order valence-corrected chi connectivity index (χ2v) is 6.79. The molecule has 4 rings (SSSR count). The molecule has 120 valence electrons. The summed E-state index contributed by atoms with van der Waals surface area (Å²) in [6, 6.07) is 24.6. The first-order valence-electron chi connectivity index (χ1n) is 7.84. The van der Waals surface area contributed by atoms with Gasteiger partial charge in [0.1, 0.15) is 0 Å². The van der Waals surface area contributed by atoms with Gasteiger partial charge in [-0.25, -0.2) is 0 Å². The largest absolute Gasteiger partial charge is 0.0843 e. The number of fused-ring (bicyclic) bond motifs is 2. The van der Waals surface area contributed by atoms with E-state index in [1.807, 2.05) is 43.3 Å². The number of hydrogen-bond donors (Lipinski definition) is 0. The SMILES string of the molecule is Cc1cc2ccccc2cc1Cl.Cc1ccc2cc(Cl)ccc2c1. The van der Waals surface area contributed by atoms with Gasteiger partial charge in [-0.1, -0.05) is 77.3 Å². The third-order valence-corrected chi connectivity index (χ3v) is 4.63. The molecule has 0 bridgehead atoms. The monoisotopic (exact) mass is 352 g/mol. The van der Waals surface area contributed by atoms with Crippen LogP contribution in [0.2, 0.25) is 10.0 Å². The van der Waals surface area contributed by atoms with Gasteiger partial charge in [0.25, 0.3) is 0 Å². The Morgan fingerprint density at radius 2 is 1.17 bits per heavy atom. The minimum atomic E-state index is 0.798. The molecule has 0 atom stereocenters. The number of hydrogen-bond acceptors (Lipinski definition) is 0. The van der Waals surface area contributed by atoms with Crippen LogP contribution in [0.5, 0.6) is 0 Å². The van der Waals surface area contributed by atoms with Crippen LogP contribution in [0.25, 0.3) is 21.5 Å². The normalized spacial score (nSPS) is 10.5. The van der Waals surface area contributed by atoms with Crippen molar-refractivity contribution in [1.82, 2.24) is 0 Å². The average molecular weight is 353 g/mol. The van der Waals surface area contributed by atoms with Gasteiger partial charge in [-0.2, -0.15) is 0 Å². The molecule has 0 unspecified atom stereocenters. The van der Waals surface area contributed by atoms with E-state index in [4.69, 9.17) is 23.2 Å². The molecule has 0 aromatic heterocycles. The second kappa shape index (κ2) is 7.25. The lowest BCUT2D eigenvalue weighted by Crippen LogP contribution is -1.76. The lowest BCUT2D eigenvalue weighted by atomic mass is 10.1. The molecular weight excluding hydrogens is 335 g/mol. The molecule has 0 spiro atoms. The highest BCUT2D eigenvalue weighted by Crippen LogP contribution is 2.23. The summed E-state index contributed by atoms with van der Waals surface area (Å²) in [5, 5.41) is 6.54. The molecule has 0 nitrogen and oxygen atoms in total. The third kappa shape index (κ3) is 3.90. The van der Waals surface area contributed by atoms with Crippen LogP contribution in [0.15, 0.2) is 72.8 Å². The van der Waals surface area contributed by atoms with Crippen molar-refractivity contribution >= 4 is 44.7 Å². The van der Waals surface area contributed by atoms with Crippen molar-refractivity contribution in [3.63, 3.8) is 0 Å². The van der Waals surface area contributed by atoms with Crippen LogP contribution >= 0.6 is 23.2 Å². The van der Waals surface area contributed by atoms with Crippen LogP contribution in [0.3, 0.4) is 0 Å². The van der Waals surface area contributed by atoms with Gasteiger partial charge in [0.2, 0.25) is 0 Å². The maximum Gasteiger partial charge on any atom is 0.0441 e. The van der Waals surface area contributed by atoms with Crippen molar-refractivity contribution in [3.05, 3.63) is 94.0 Å². The topological polar surface area (TPSA) is 0 Å². The Morgan fingerprint density at radius 3 is 1.92 bits per heavy atom. The first-order chi connectivity index (χ1) is 11.5. The summed E-state index contributed by atoms with van der Waals surface area (Å²) in [4.78, 5) is 0. The quantitative estimate of drug-likeness (QED) is 0.305. The van der Waals surface area contributed by atoms with Crippen molar-refractivity contribution in [2.45, 2.75) is 13.8 Å². The van der Waals surface area contributed by atoms with E-state index in [0.29, 0.717) is 0 Å². The lowest BCUT2D eigenvalue weighted by Gasteiger charge is -2.00. The Hall–Kier alpha value is -2.02. The van der Waals surface area contributed by atoms with E-state index in [1.54, 1.807) is 0 Å². The van der Waals surface area contributed by atoms with Crippen molar-refractivity contribution in [2.75, 3.05) is 0 Å². The van der Waals surface area contributed by atoms with Gasteiger partial charge in [-0.15, -0.1) is 0 Å². The first-order valence-corrected chi connectivity index (χ1v) is 8.59. The van der Waals surface area contributed by atoms with Crippen LogP contribution in [0.4, 0.5) is 0 Å². The Kier molecular flexibility index (Phi) is 5.08. The van der Waals surface area contributed by atoms with E-state index >= 15 is 0 Å². The molecule has 0 saturated carbocycles. The highest BCUT2D eigenvalue weighted by atomic mass is 35.5. The van der Waals surface area contributed by atoms with Crippen LogP contribution in [-0.4, -0.2) is 0 Å². The van der Waals surface area contributed by atoms with Gasteiger partial charge in [-0.05, 0) is 65.2 Å². The predicted molar refractivity (Wildman–Crippen MR) is 107 cm³/mol. The van der Waals surface area contributed by atoms with E-state index in [0.717, 1.165) is 15.6 Å². The van der Waals surface area contributed by atoms with Gasteiger partial charge in [0, 0.05) is 10.0 Å². The fraction of sp³-hybridized carbons (Fsp3) is 0.0909. The lowest BCUT2D eigenvalue weighted by molar-refractivity contribution is 1.50. The zero-order valence-corrected chi connectivity index (χ0v) is 15.2. The summed E-state index contributed by atoms with van der Waals surface area (Å²) in [5.74, 6) is 0. The van der Waals surface area contributed by atoms with Crippen LogP contribution in [-0.2, 0) is 0 Å². The fourth-order valence-corrected chi connectivity index (χ4v) is 3.02. The molecule has 0 heterocycles. The molecule has 0 saturated heterocycles. The Balaban J connectivity index is 0.000000141. The van der Waals surface area contributed by atoms with Gasteiger partial charge in [-0.3, -0.25) is 0 Å². The molecule has 24 heavy (non-hydrogen) atoms. The number of rotatable bonds is 0. The summed E-state index contributed by atoms with van der Waals surface area (Å²) in [6.45, 7) is 4.11. The van der Waals surface area contributed by atoms with E-state index in [2.05, 4.69) is 43.3 Å². The summed E-state index contributed by atoms with van der Waals surface area (Å²) < 4.78 is 0.